The van der Waals surface area contributed by atoms with Crippen LogP contribution >= 0.6 is 15.9 Å². The number of likely N-dealkylation sites (tertiary alicyclic amines) is 1. The maximum atomic E-state index is 3.73. The van der Waals surface area contributed by atoms with E-state index in [1.165, 1.54) is 51.9 Å². The molecule has 2 nitrogen and oxygen atoms in total. The van der Waals surface area contributed by atoms with E-state index in [1.807, 2.05) is 0 Å². The number of halogens is 1. The Bertz CT molecular complexity index is 212. The second kappa shape index (κ2) is 7.86. The van der Waals surface area contributed by atoms with E-state index in [-0.39, 0.29) is 0 Å². The molecule has 0 unspecified atom stereocenters. The second-order valence-electron chi connectivity index (χ2n) is 5.92. The third kappa shape index (κ3) is 4.21. The Balaban J connectivity index is 2.47. The van der Waals surface area contributed by atoms with Crippen LogP contribution in [0.1, 0.15) is 46.5 Å². The first kappa shape index (κ1) is 16.5. The first-order valence-electron chi connectivity index (χ1n) is 7.59. The van der Waals surface area contributed by atoms with Crippen LogP contribution in [0.4, 0.5) is 0 Å². The normalized spacial score (nSPS) is 19.7. The van der Waals surface area contributed by atoms with E-state index in [4.69, 9.17) is 0 Å². The Morgan fingerprint density at radius 3 is 2.11 bits per heavy atom. The number of rotatable bonds is 7. The lowest BCUT2D eigenvalue weighted by molar-refractivity contribution is 0.0917. The van der Waals surface area contributed by atoms with E-state index >= 15 is 0 Å². The van der Waals surface area contributed by atoms with Crippen LogP contribution in [0.2, 0.25) is 0 Å². The molecule has 0 spiro atoms. The lowest BCUT2D eigenvalue weighted by Crippen LogP contribution is -2.47. The lowest BCUT2D eigenvalue weighted by atomic mass is 9.83. The van der Waals surface area contributed by atoms with Crippen LogP contribution in [0.15, 0.2) is 0 Å². The molecule has 1 rings (SSSR count). The highest BCUT2D eigenvalue weighted by molar-refractivity contribution is 9.09. The zero-order chi connectivity index (χ0) is 13.6. The van der Waals surface area contributed by atoms with Crippen LogP contribution in [-0.4, -0.2) is 54.4 Å². The van der Waals surface area contributed by atoms with Gasteiger partial charge in [-0.1, -0.05) is 36.7 Å². The number of nitrogens with zero attached hydrogens (tertiary/aromatic N) is 2. The standard InChI is InChI=1S/C15H31BrN2/c1-5-15(6-2,12-16)13-17(4)14-8-10-18(7-3)11-9-14/h14H,5-13H2,1-4H3. The van der Waals surface area contributed by atoms with Crippen LogP contribution < -0.4 is 0 Å². The van der Waals surface area contributed by atoms with Crippen molar-refractivity contribution >= 4 is 15.9 Å². The second-order valence-corrected chi connectivity index (χ2v) is 6.48. The van der Waals surface area contributed by atoms with Crippen LogP contribution in [0.5, 0.6) is 0 Å². The number of alkyl halides is 1. The summed E-state index contributed by atoms with van der Waals surface area (Å²) >= 11 is 3.73. The molecule has 0 radical (unpaired) electrons. The molecule has 0 aliphatic carbocycles. The Morgan fingerprint density at radius 2 is 1.72 bits per heavy atom. The van der Waals surface area contributed by atoms with Crippen LogP contribution in [0, 0.1) is 5.41 Å². The molecule has 1 fully saturated rings. The molecule has 0 amide bonds. The summed E-state index contributed by atoms with van der Waals surface area (Å²) in [6.45, 7) is 12.0. The highest BCUT2D eigenvalue weighted by atomic mass is 79.9. The van der Waals surface area contributed by atoms with E-state index in [0.29, 0.717) is 5.41 Å². The van der Waals surface area contributed by atoms with Gasteiger partial charge in [-0.2, -0.15) is 0 Å². The molecule has 0 atom stereocenters. The van der Waals surface area contributed by atoms with Crippen molar-refractivity contribution in [2.45, 2.75) is 52.5 Å². The predicted octanol–water partition coefficient (Wildman–Crippen LogP) is 3.60. The molecule has 0 aromatic carbocycles. The Kier molecular flexibility index (Phi) is 7.19. The molecule has 1 aliphatic rings. The Morgan fingerprint density at radius 1 is 1.17 bits per heavy atom. The Labute approximate surface area is 122 Å². The van der Waals surface area contributed by atoms with Gasteiger partial charge < -0.3 is 9.80 Å². The summed E-state index contributed by atoms with van der Waals surface area (Å²) in [4.78, 5) is 5.20. The maximum Gasteiger partial charge on any atom is 0.0117 e. The summed E-state index contributed by atoms with van der Waals surface area (Å²) < 4.78 is 0. The van der Waals surface area contributed by atoms with Gasteiger partial charge in [0.15, 0.2) is 0 Å². The first-order chi connectivity index (χ1) is 8.60. The molecular formula is C15H31BrN2. The monoisotopic (exact) mass is 318 g/mol. The topological polar surface area (TPSA) is 6.48 Å². The zero-order valence-electron chi connectivity index (χ0n) is 12.7. The predicted molar refractivity (Wildman–Crippen MR) is 84.6 cm³/mol. The minimum Gasteiger partial charge on any atom is -0.303 e. The third-order valence-electron chi connectivity index (χ3n) is 5.00. The first-order valence-corrected chi connectivity index (χ1v) is 8.71. The summed E-state index contributed by atoms with van der Waals surface area (Å²) in [5, 5.41) is 1.13. The lowest BCUT2D eigenvalue weighted by Gasteiger charge is -2.41. The van der Waals surface area contributed by atoms with E-state index < -0.39 is 0 Å². The van der Waals surface area contributed by atoms with Gasteiger partial charge in [0.25, 0.3) is 0 Å². The van der Waals surface area contributed by atoms with Gasteiger partial charge in [-0.15, -0.1) is 0 Å². The highest BCUT2D eigenvalue weighted by Crippen LogP contribution is 2.31. The summed E-state index contributed by atoms with van der Waals surface area (Å²) in [6.07, 6.45) is 5.23. The van der Waals surface area contributed by atoms with Gasteiger partial charge in [-0.25, -0.2) is 0 Å². The molecule has 0 N–H and O–H groups in total. The molecule has 108 valence electrons. The molecule has 1 heterocycles. The average Bonchev–Trinajstić information content (AvgIpc) is 2.45. The van der Waals surface area contributed by atoms with E-state index in [9.17, 15) is 0 Å². The maximum absolute atomic E-state index is 3.73. The fourth-order valence-corrected chi connectivity index (χ4v) is 4.01. The average molecular weight is 319 g/mol. The van der Waals surface area contributed by atoms with Gasteiger partial charge in [0.1, 0.15) is 0 Å². The number of piperidine rings is 1. The van der Waals surface area contributed by atoms with Crippen molar-refractivity contribution in [3.63, 3.8) is 0 Å². The van der Waals surface area contributed by atoms with Gasteiger partial charge in [0.2, 0.25) is 0 Å². The summed E-state index contributed by atoms with van der Waals surface area (Å²) in [7, 11) is 2.33. The number of hydrogen-bond donors (Lipinski definition) is 0. The summed E-state index contributed by atoms with van der Waals surface area (Å²) in [5.74, 6) is 0. The molecule has 1 aliphatic heterocycles. The van der Waals surface area contributed by atoms with Gasteiger partial charge in [-0.3, -0.25) is 0 Å². The molecule has 0 saturated carbocycles. The minimum absolute atomic E-state index is 0.469. The fourth-order valence-electron chi connectivity index (χ4n) is 3.04. The van der Waals surface area contributed by atoms with Crippen molar-refractivity contribution in [2.24, 2.45) is 5.41 Å². The van der Waals surface area contributed by atoms with E-state index in [1.54, 1.807) is 0 Å². The Hall–Kier alpha value is 0.400. The number of hydrogen-bond acceptors (Lipinski definition) is 2. The van der Waals surface area contributed by atoms with Crippen molar-refractivity contribution < 1.29 is 0 Å². The van der Waals surface area contributed by atoms with Gasteiger partial charge in [0.05, 0.1) is 0 Å². The van der Waals surface area contributed by atoms with Gasteiger partial charge in [0, 0.05) is 17.9 Å². The molecule has 18 heavy (non-hydrogen) atoms. The highest BCUT2D eigenvalue weighted by Gasteiger charge is 2.30. The van der Waals surface area contributed by atoms with Crippen LogP contribution in [0.25, 0.3) is 0 Å². The smallest absolute Gasteiger partial charge is 0.0117 e. The van der Waals surface area contributed by atoms with Gasteiger partial charge >= 0.3 is 0 Å². The van der Waals surface area contributed by atoms with E-state index in [2.05, 4.69) is 53.5 Å². The minimum atomic E-state index is 0.469. The van der Waals surface area contributed by atoms with Crippen LogP contribution in [-0.2, 0) is 0 Å². The van der Waals surface area contributed by atoms with Crippen molar-refractivity contribution in [1.82, 2.24) is 9.80 Å². The molecule has 0 bridgehead atoms. The molecule has 0 aromatic heterocycles. The van der Waals surface area contributed by atoms with E-state index in [0.717, 1.165) is 11.4 Å². The SMILES string of the molecule is CCN1CCC(N(C)CC(CC)(CC)CBr)CC1. The largest absolute Gasteiger partial charge is 0.303 e. The van der Waals surface area contributed by atoms with Gasteiger partial charge in [-0.05, 0) is 57.8 Å². The van der Waals surface area contributed by atoms with Crippen molar-refractivity contribution in [3.8, 4) is 0 Å². The molecule has 3 heteroatoms. The summed E-state index contributed by atoms with van der Waals surface area (Å²) in [5.41, 5.74) is 0.469. The van der Waals surface area contributed by atoms with Crippen LogP contribution in [0.3, 0.4) is 0 Å². The molecule has 0 aromatic rings. The molecule has 1 saturated heterocycles. The van der Waals surface area contributed by atoms with Crippen molar-refractivity contribution in [3.05, 3.63) is 0 Å². The zero-order valence-corrected chi connectivity index (χ0v) is 14.3. The molecular weight excluding hydrogens is 288 g/mol. The fraction of sp³-hybridized carbons (Fsp3) is 1.00. The quantitative estimate of drug-likeness (QED) is 0.662. The third-order valence-corrected chi connectivity index (χ3v) is 6.19. The van der Waals surface area contributed by atoms with Crippen molar-refractivity contribution in [1.29, 1.82) is 0 Å². The summed E-state index contributed by atoms with van der Waals surface area (Å²) in [6, 6.07) is 0.796. The van der Waals surface area contributed by atoms with Crippen molar-refractivity contribution in [2.75, 3.05) is 38.6 Å².